The second-order valence-electron chi connectivity index (χ2n) is 6.63. The van der Waals surface area contributed by atoms with Crippen molar-refractivity contribution in [2.45, 2.75) is 24.4 Å². The molecule has 2 amide bonds. The lowest BCUT2D eigenvalue weighted by Gasteiger charge is -2.15. The summed E-state index contributed by atoms with van der Waals surface area (Å²) in [6, 6.07) is 11.7. The lowest BCUT2D eigenvalue weighted by molar-refractivity contribution is 0.216. The van der Waals surface area contributed by atoms with Crippen LogP contribution < -0.4 is 5.32 Å². The molecule has 0 atom stereocenters. The van der Waals surface area contributed by atoms with E-state index >= 15 is 0 Å². The molecule has 2 aromatic carbocycles. The molecule has 0 fully saturated rings. The molecule has 0 radical (unpaired) electrons. The molecule has 9 heteroatoms. The first-order valence-electron chi connectivity index (χ1n) is 8.88. The third-order valence-corrected chi connectivity index (χ3v) is 5.43. The Bertz CT molecular complexity index is 1010. The molecule has 0 aliphatic carbocycles. The predicted molar refractivity (Wildman–Crippen MR) is 113 cm³/mol. The highest BCUT2D eigenvalue weighted by Gasteiger charge is 2.17. The molecule has 1 aromatic heterocycles. The Labute approximate surface area is 178 Å². The average molecular weight is 434 g/mol. The van der Waals surface area contributed by atoms with Gasteiger partial charge in [0.2, 0.25) is 0 Å². The van der Waals surface area contributed by atoms with E-state index in [-0.39, 0.29) is 18.4 Å². The molecule has 29 heavy (non-hydrogen) atoms. The highest BCUT2D eigenvalue weighted by Crippen LogP contribution is 2.28. The van der Waals surface area contributed by atoms with Gasteiger partial charge in [-0.3, -0.25) is 4.57 Å². The molecule has 0 bridgehead atoms. The van der Waals surface area contributed by atoms with Gasteiger partial charge in [-0.25, -0.2) is 9.18 Å². The van der Waals surface area contributed by atoms with E-state index in [1.54, 1.807) is 26.2 Å². The van der Waals surface area contributed by atoms with Crippen molar-refractivity contribution in [1.29, 1.82) is 0 Å². The van der Waals surface area contributed by atoms with Crippen LogP contribution in [0.15, 0.2) is 47.6 Å². The van der Waals surface area contributed by atoms with Crippen LogP contribution in [0.5, 0.6) is 0 Å². The Balaban J connectivity index is 1.91. The van der Waals surface area contributed by atoms with E-state index in [1.807, 2.05) is 29.7 Å². The largest absolute Gasteiger partial charge is 0.331 e. The van der Waals surface area contributed by atoms with Crippen LogP contribution in [-0.4, -0.2) is 39.8 Å². The minimum atomic E-state index is -0.268. The number of hydrogen-bond acceptors (Lipinski definition) is 4. The second-order valence-corrected chi connectivity index (χ2v) is 8.01. The highest BCUT2D eigenvalue weighted by molar-refractivity contribution is 7.98. The summed E-state index contributed by atoms with van der Waals surface area (Å²) in [5.74, 6) is 0.921. The molecule has 0 aliphatic rings. The van der Waals surface area contributed by atoms with Crippen molar-refractivity contribution in [2.75, 3.05) is 14.1 Å². The molecule has 0 aliphatic heterocycles. The van der Waals surface area contributed by atoms with Crippen LogP contribution in [0.4, 0.5) is 9.18 Å². The summed E-state index contributed by atoms with van der Waals surface area (Å²) in [4.78, 5) is 13.4. The number of hydrogen-bond donors (Lipinski definition) is 1. The number of nitrogens with one attached hydrogen (secondary N) is 1. The minimum absolute atomic E-state index is 0.215. The van der Waals surface area contributed by atoms with Crippen molar-refractivity contribution in [3.05, 3.63) is 70.3 Å². The van der Waals surface area contributed by atoms with Gasteiger partial charge in [0.1, 0.15) is 5.82 Å². The second kappa shape index (κ2) is 9.28. The van der Waals surface area contributed by atoms with Crippen molar-refractivity contribution in [1.82, 2.24) is 25.0 Å². The first-order chi connectivity index (χ1) is 13.8. The van der Waals surface area contributed by atoms with Gasteiger partial charge in [0.25, 0.3) is 0 Å². The van der Waals surface area contributed by atoms with Crippen LogP contribution in [0.1, 0.15) is 17.0 Å². The number of carbonyl (C=O) groups is 1. The van der Waals surface area contributed by atoms with Crippen LogP contribution in [0, 0.1) is 12.7 Å². The van der Waals surface area contributed by atoms with Gasteiger partial charge in [-0.15, -0.1) is 10.2 Å². The van der Waals surface area contributed by atoms with Crippen molar-refractivity contribution >= 4 is 29.4 Å². The first kappa shape index (κ1) is 21.1. The molecule has 0 unspecified atom stereocenters. The van der Waals surface area contributed by atoms with Crippen molar-refractivity contribution in [3.8, 4) is 5.69 Å². The van der Waals surface area contributed by atoms with Crippen LogP contribution in [-0.2, 0) is 12.3 Å². The van der Waals surface area contributed by atoms with Gasteiger partial charge in [-0.2, -0.15) is 0 Å². The van der Waals surface area contributed by atoms with E-state index in [1.165, 1.54) is 28.8 Å². The highest BCUT2D eigenvalue weighted by atomic mass is 35.5. The lowest BCUT2D eigenvalue weighted by Crippen LogP contribution is -2.34. The van der Waals surface area contributed by atoms with Gasteiger partial charge in [-0.1, -0.05) is 41.6 Å². The van der Waals surface area contributed by atoms with Gasteiger partial charge in [0.15, 0.2) is 11.0 Å². The van der Waals surface area contributed by atoms with E-state index < -0.39 is 0 Å². The fourth-order valence-corrected chi connectivity index (χ4v) is 3.70. The topological polar surface area (TPSA) is 63.1 Å². The Morgan fingerprint density at radius 2 is 1.93 bits per heavy atom. The summed E-state index contributed by atoms with van der Waals surface area (Å²) >= 11 is 7.70. The standard InChI is InChI=1S/C20H21ClFN5OS/c1-13-4-7-15(21)10-17(13)27-18(11-23-19(28)26(2)3)24-25-20(27)29-12-14-5-8-16(22)9-6-14/h4-10H,11-12H2,1-3H3,(H,23,28). The molecule has 3 aromatic rings. The number of nitrogens with zero attached hydrogens (tertiary/aromatic N) is 4. The minimum Gasteiger partial charge on any atom is -0.331 e. The lowest BCUT2D eigenvalue weighted by atomic mass is 10.2. The molecule has 0 saturated heterocycles. The molecule has 3 rings (SSSR count). The average Bonchev–Trinajstić information content (AvgIpc) is 3.10. The molecule has 6 nitrogen and oxygen atoms in total. The van der Waals surface area contributed by atoms with E-state index in [4.69, 9.17) is 11.6 Å². The molecular formula is C20H21ClFN5OS. The summed E-state index contributed by atoms with van der Waals surface area (Å²) in [5, 5.41) is 12.7. The fraction of sp³-hybridized carbons (Fsp3) is 0.250. The monoisotopic (exact) mass is 433 g/mol. The molecule has 0 spiro atoms. The van der Waals surface area contributed by atoms with Gasteiger partial charge >= 0.3 is 6.03 Å². The quantitative estimate of drug-likeness (QED) is 0.584. The number of rotatable bonds is 6. The number of urea groups is 1. The zero-order valence-corrected chi connectivity index (χ0v) is 17.9. The van der Waals surface area contributed by atoms with Gasteiger partial charge < -0.3 is 10.2 Å². The van der Waals surface area contributed by atoms with Crippen molar-refractivity contribution in [2.24, 2.45) is 0 Å². The fourth-order valence-electron chi connectivity index (χ4n) is 2.61. The Morgan fingerprint density at radius 3 is 2.62 bits per heavy atom. The molecule has 1 N–H and O–H groups in total. The zero-order chi connectivity index (χ0) is 21.0. The van der Waals surface area contributed by atoms with Gasteiger partial charge in [0, 0.05) is 24.9 Å². The number of aryl methyl sites for hydroxylation is 1. The summed E-state index contributed by atoms with van der Waals surface area (Å²) in [5.41, 5.74) is 2.81. The van der Waals surface area contributed by atoms with Crippen molar-refractivity contribution < 1.29 is 9.18 Å². The number of thioether (sulfide) groups is 1. The molecule has 1 heterocycles. The third-order valence-electron chi connectivity index (χ3n) is 4.20. The van der Waals surface area contributed by atoms with E-state index in [0.29, 0.717) is 21.8 Å². The van der Waals surface area contributed by atoms with E-state index in [9.17, 15) is 9.18 Å². The third kappa shape index (κ3) is 5.27. The molecule has 0 saturated carbocycles. The van der Waals surface area contributed by atoms with Gasteiger partial charge in [0.05, 0.1) is 12.2 Å². The van der Waals surface area contributed by atoms with Crippen molar-refractivity contribution in [3.63, 3.8) is 0 Å². The molecule has 152 valence electrons. The number of aromatic nitrogens is 3. The SMILES string of the molecule is Cc1ccc(Cl)cc1-n1c(CNC(=O)N(C)C)nnc1SCc1ccc(F)cc1. The summed E-state index contributed by atoms with van der Waals surface area (Å²) in [7, 11) is 3.34. The van der Waals surface area contributed by atoms with Gasteiger partial charge in [-0.05, 0) is 42.3 Å². The van der Waals surface area contributed by atoms with Crippen LogP contribution in [0.2, 0.25) is 5.02 Å². The number of carbonyl (C=O) groups excluding carboxylic acids is 1. The summed E-state index contributed by atoms with van der Waals surface area (Å²) in [6.07, 6.45) is 0. The zero-order valence-electron chi connectivity index (χ0n) is 16.3. The smallest absolute Gasteiger partial charge is 0.317 e. The van der Waals surface area contributed by atoms with Crippen LogP contribution >= 0.6 is 23.4 Å². The molecular weight excluding hydrogens is 413 g/mol. The van der Waals surface area contributed by atoms with E-state index in [0.717, 1.165) is 16.8 Å². The summed E-state index contributed by atoms with van der Waals surface area (Å²) < 4.78 is 15.0. The maximum Gasteiger partial charge on any atom is 0.317 e. The maximum atomic E-state index is 13.1. The number of halogens is 2. The number of benzene rings is 2. The Kier molecular flexibility index (Phi) is 6.76. The van der Waals surface area contributed by atoms with Crippen LogP contribution in [0.3, 0.4) is 0 Å². The van der Waals surface area contributed by atoms with Crippen LogP contribution in [0.25, 0.3) is 5.69 Å². The van der Waals surface area contributed by atoms with E-state index in [2.05, 4.69) is 15.5 Å². The predicted octanol–water partition coefficient (Wildman–Crippen LogP) is 4.43. The normalized spacial score (nSPS) is 10.8. The Hall–Kier alpha value is -2.58. The summed E-state index contributed by atoms with van der Waals surface area (Å²) in [6.45, 7) is 2.19. The number of amides is 2. The first-order valence-corrected chi connectivity index (χ1v) is 10.2. The Morgan fingerprint density at radius 1 is 1.21 bits per heavy atom. The maximum absolute atomic E-state index is 13.1.